The van der Waals surface area contributed by atoms with Gasteiger partial charge in [-0.25, -0.2) is 0 Å². The van der Waals surface area contributed by atoms with Gasteiger partial charge in [0.25, 0.3) is 5.91 Å². The molecule has 0 aromatic heterocycles. The molecule has 1 amide bonds. The molecule has 1 heterocycles. The molecule has 0 saturated carbocycles. The third-order valence-corrected chi connectivity index (χ3v) is 3.92. The van der Waals surface area contributed by atoms with E-state index >= 15 is 0 Å². The molecule has 24 heavy (non-hydrogen) atoms. The van der Waals surface area contributed by atoms with Crippen molar-refractivity contribution in [3.8, 4) is 5.75 Å². The van der Waals surface area contributed by atoms with Gasteiger partial charge in [-0.3, -0.25) is 4.79 Å². The summed E-state index contributed by atoms with van der Waals surface area (Å²) in [6.07, 6.45) is -3.43. The lowest BCUT2D eigenvalue weighted by molar-refractivity contribution is -0.274. The first-order chi connectivity index (χ1) is 11.4. The molecule has 3 rings (SSSR count). The van der Waals surface area contributed by atoms with Crippen molar-refractivity contribution < 1.29 is 22.7 Å². The van der Waals surface area contributed by atoms with Gasteiger partial charge in [-0.1, -0.05) is 30.3 Å². The fraction of sp³-hybridized carbons (Fsp3) is 0.278. The number of nitrogens with zero attached hydrogens (tertiary/aromatic N) is 1. The summed E-state index contributed by atoms with van der Waals surface area (Å²) in [6, 6.07) is 13.4. The van der Waals surface area contributed by atoms with E-state index in [0.29, 0.717) is 25.9 Å². The molecule has 0 spiro atoms. The Labute approximate surface area is 137 Å². The highest BCUT2D eigenvalue weighted by Crippen LogP contribution is 2.25. The fourth-order valence-corrected chi connectivity index (χ4v) is 2.87. The van der Waals surface area contributed by atoms with Crippen molar-refractivity contribution in [3.05, 3.63) is 65.2 Å². The number of aryl methyl sites for hydroxylation is 1. The standard InChI is InChI=1S/C18H16F3NO2/c19-18(20,21)24-15-8-3-5-13(11-15)6-4-10-22-12-14-7-1-2-9-16(14)17(22)23/h1-3,5,7-9,11H,4,6,10,12H2. The third kappa shape index (κ3) is 3.88. The molecule has 0 saturated heterocycles. The van der Waals surface area contributed by atoms with Gasteiger partial charge in [0.2, 0.25) is 0 Å². The Kier molecular flexibility index (Phi) is 4.46. The third-order valence-electron chi connectivity index (χ3n) is 3.92. The minimum Gasteiger partial charge on any atom is -0.406 e. The number of carbonyl (C=O) groups is 1. The maximum Gasteiger partial charge on any atom is 0.573 e. The predicted molar refractivity (Wildman–Crippen MR) is 82.6 cm³/mol. The summed E-state index contributed by atoms with van der Waals surface area (Å²) >= 11 is 0. The van der Waals surface area contributed by atoms with Crippen LogP contribution in [0, 0.1) is 0 Å². The summed E-state index contributed by atoms with van der Waals surface area (Å²) in [4.78, 5) is 14.0. The van der Waals surface area contributed by atoms with Crippen LogP contribution in [0.4, 0.5) is 13.2 Å². The van der Waals surface area contributed by atoms with Crippen LogP contribution in [-0.2, 0) is 13.0 Å². The van der Waals surface area contributed by atoms with E-state index in [-0.39, 0.29) is 11.7 Å². The molecule has 0 aliphatic carbocycles. The lowest BCUT2D eigenvalue weighted by atomic mass is 10.1. The summed E-state index contributed by atoms with van der Waals surface area (Å²) in [5, 5.41) is 0. The van der Waals surface area contributed by atoms with Crippen LogP contribution in [0.3, 0.4) is 0 Å². The molecule has 2 aromatic rings. The van der Waals surface area contributed by atoms with E-state index in [4.69, 9.17) is 0 Å². The number of amides is 1. The topological polar surface area (TPSA) is 29.5 Å². The highest BCUT2D eigenvalue weighted by molar-refractivity contribution is 5.98. The van der Waals surface area contributed by atoms with Crippen LogP contribution >= 0.6 is 0 Å². The van der Waals surface area contributed by atoms with Gasteiger partial charge in [-0.05, 0) is 42.2 Å². The van der Waals surface area contributed by atoms with Gasteiger partial charge < -0.3 is 9.64 Å². The van der Waals surface area contributed by atoms with Gasteiger partial charge in [0.05, 0.1) is 0 Å². The molecule has 1 aliphatic rings. The normalized spacial score (nSPS) is 14.0. The Hall–Kier alpha value is -2.50. The predicted octanol–water partition coefficient (Wildman–Crippen LogP) is 4.17. The van der Waals surface area contributed by atoms with Gasteiger partial charge in [0, 0.05) is 18.7 Å². The molecular weight excluding hydrogens is 319 g/mol. The van der Waals surface area contributed by atoms with E-state index in [1.807, 2.05) is 24.3 Å². The first kappa shape index (κ1) is 16.4. The molecule has 0 radical (unpaired) electrons. The lowest BCUT2D eigenvalue weighted by Crippen LogP contribution is -2.25. The quantitative estimate of drug-likeness (QED) is 0.821. The van der Waals surface area contributed by atoms with Crippen LogP contribution in [0.15, 0.2) is 48.5 Å². The van der Waals surface area contributed by atoms with Crippen molar-refractivity contribution in [2.24, 2.45) is 0 Å². The highest BCUT2D eigenvalue weighted by Gasteiger charge is 2.31. The Morgan fingerprint density at radius 1 is 1.08 bits per heavy atom. The zero-order valence-corrected chi connectivity index (χ0v) is 12.8. The summed E-state index contributed by atoms with van der Waals surface area (Å²) < 4.78 is 40.6. The van der Waals surface area contributed by atoms with Crippen molar-refractivity contribution in [2.45, 2.75) is 25.7 Å². The van der Waals surface area contributed by atoms with Crippen LogP contribution in [0.2, 0.25) is 0 Å². The molecule has 0 bridgehead atoms. The number of halogens is 3. The molecule has 3 nitrogen and oxygen atoms in total. The smallest absolute Gasteiger partial charge is 0.406 e. The Balaban J connectivity index is 1.54. The van der Waals surface area contributed by atoms with E-state index in [2.05, 4.69) is 4.74 Å². The first-order valence-electron chi connectivity index (χ1n) is 7.64. The molecule has 1 aliphatic heterocycles. The van der Waals surface area contributed by atoms with Gasteiger partial charge >= 0.3 is 6.36 Å². The number of carbonyl (C=O) groups excluding carboxylic acids is 1. The van der Waals surface area contributed by atoms with Gasteiger partial charge in [0.1, 0.15) is 5.75 Å². The van der Waals surface area contributed by atoms with Crippen LogP contribution in [0.5, 0.6) is 5.75 Å². The zero-order valence-electron chi connectivity index (χ0n) is 12.8. The second-order valence-corrected chi connectivity index (χ2v) is 5.68. The lowest BCUT2D eigenvalue weighted by Gasteiger charge is -2.15. The Bertz CT molecular complexity index is 743. The number of hydrogen-bond donors (Lipinski definition) is 0. The molecular formula is C18H16F3NO2. The molecule has 126 valence electrons. The SMILES string of the molecule is O=C1c2ccccc2CN1CCCc1cccc(OC(F)(F)F)c1. The minimum absolute atomic E-state index is 0.0137. The van der Waals surface area contributed by atoms with Crippen molar-refractivity contribution in [2.75, 3.05) is 6.54 Å². The second-order valence-electron chi connectivity index (χ2n) is 5.68. The van der Waals surface area contributed by atoms with Crippen LogP contribution < -0.4 is 4.74 Å². The molecule has 0 unspecified atom stereocenters. The van der Waals surface area contributed by atoms with Gasteiger partial charge in [-0.15, -0.1) is 13.2 Å². The first-order valence-corrected chi connectivity index (χ1v) is 7.64. The maximum atomic E-state index is 12.2. The minimum atomic E-state index is -4.69. The molecule has 0 N–H and O–H groups in total. The summed E-state index contributed by atoms with van der Waals surface area (Å²) in [5.41, 5.74) is 2.50. The van der Waals surface area contributed by atoms with E-state index in [9.17, 15) is 18.0 Å². The monoisotopic (exact) mass is 335 g/mol. The average Bonchev–Trinajstić information content (AvgIpc) is 2.83. The van der Waals surface area contributed by atoms with E-state index in [1.165, 1.54) is 18.2 Å². The maximum absolute atomic E-state index is 12.2. The van der Waals surface area contributed by atoms with Crippen LogP contribution in [0.25, 0.3) is 0 Å². The largest absolute Gasteiger partial charge is 0.573 e. The van der Waals surface area contributed by atoms with Crippen molar-refractivity contribution in [1.82, 2.24) is 4.90 Å². The summed E-state index contributed by atoms with van der Waals surface area (Å²) in [5.74, 6) is -0.204. The van der Waals surface area contributed by atoms with Crippen molar-refractivity contribution >= 4 is 5.91 Å². The van der Waals surface area contributed by atoms with Gasteiger partial charge in [0.15, 0.2) is 0 Å². The van der Waals surface area contributed by atoms with Gasteiger partial charge in [-0.2, -0.15) is 0 Å². The molecule has 6 heteroatoms. The summed E-state index contributed by atoms with van der Waals surface area (Å²) in [7, 11) is 0. The molecule has 0 fully saturated rings. The number of ether oxygens (including phenoxy) is 1. The van der Waals surface area contributed by atoms with Crippen LogP contribution in [0.1, 0.15) is 27.9 Å². The Morgan fingerprint density at radius 3 is 2.62 bits per heavy atom. The number of fused-ring (bicyclic) bond motifs is 1. The van der Waals surface area contributed by atoms with Crippen molar-refractivity contribution in [3.63, 3.8) is 0 Å². The van der Waals surface area contributed by atoms with Crippen LogP contribution in [-0.4, -0.2) is 23.7 Å². The number of hydrogen-bond acceptors (Lipinski definition) is 2. The number of alkyl halides is 3. The fourth-order valence-electron chi connectivity index (χ4n) is 2.87. The highest BCUT2D eigenvalue weighted by atomic mass is 19.4. The van der Waals surface area contributed by atoms with E-state index in [1.54, 1.807) is 11.0 Å². The van der Waals surface area contributed by atoms with E-state index in [0.717, 1.165) is 16.7 Å². The number of rotatable bonds is 5. The molecule has 0 atom stereocenters. The summed E-state index contributed by atoms with van der Waals surface area (Å²) in [6.45, 7) is 1.16. The zero-order chi connectivity index (χ0) is 17.2. The van der Waals surface area contributed by atoms with E-state index < -0.39 is 6.36 Å². The van der Waals surface area contributed by atoms with Crippen molar-refractivity contribution in [1.29, 1.82) is 0 Å². The number of benzene rings is 2. The Morgan fingerprint density at radius 2 is 1.88 bits per heavy atom. The second kappa shape index (κ2) is 6.55. The average molecular weight is 335 g/mol. The molecule has 2 aromatic carbocycles.